The molecule has 1 amide bonds. The Morgan fingerprint density at radius 3 is 2.46 bits per heavy atom. The van der Waals surface area contributed by atoms with Crippen LogP contribution in [0.4, 0.5) is 0 Å². The van der Waals surface area contributed by atoms with Crippen molar-refractivity contribution in [3.63, 3.8) is 0 Å². The summed E-state index contributed by atoms with van der Waals surface area (Å²) in [7, 11) is 0. The number of rotatable bonds is 3. The third-order valence-electron chi connectivity index (χ3n) is 6.37. The van der Waals surface area contributed by atoms with Gasteiger partial charge in [-0.2, -0.15) is 0 Å². The zero-order valence-electron chi connectivity index (χ0n) is 16.7. The molecule has 1 N–H and O–H groups in total. The fourth-order valence-electron chi connectivity index (χ4n) is 4.56. The number of likely N-dealkylation sites (tertiary alicyclic amines) is 2. The van der Waals surface area contributed by atoms with Crippen molar-refractivity contribution in [2.24, 2.45) is 5.92 Å². The molecule has 0 unspecified atom stereocenters. The molecule has 1 aromatic carbocycles. The van der Waals surface area contributed by atoms with E-state index in [1.165, 1.54) is 12.8 Å². The summed E-state index contributed by atoms with van der Waals surface area (Å²) < 4.78 is 0. The first-order valence-corrected chi connectivity index (χ1v) is 10.7. The largest absolute Gasteiger partial charge is 0.342 e. The molecule has 28 heavy (non-hydrogen) atoms. The normalized spacial score (nSPS) is 20.8. The zero-order valence-corrected chi connectivity index (χ0v) is 16.7. The van der Waals surface area contributed by atoms with Gasteiger partial charge in [0.05, 0.1) is 16.9 Å². The molecule has 4 rings (SSSR count). The Bertz CT molecular complexity index is 877. The maximum absolute atomic E-state index is 12.9. The molecule has 2 saturated heterocycles. The highest BCUT2D eigenvalue weighted by Crippen LogP contribution is 2.27. The number of carbonyl (C=O) groups is 1. The Kier molecular flexibility index (Phi) is 5.76. The second-order valence-corrected chi connectivity index (χ2v) is 8.19. The Hall–Kier alpha value is -2.21. The summed E-state index contributed by atoms with van der Waals surface area (Å²) in [6, 6.07) is 7.48. The fourth-order valence-corrected chi connectivity index (χ4v) is 4.56. The van der Waals surface area contributed by atoms with Gasteiger partial charge in [-0.3, -0.25) is 14.5 Å². The molecule has 0 saturated carbocycles. The number of piperidine rings is 1. The van der Waals surface area contributed by atoms with Crippen LogP contribution in [0.3, 0.4) is 0 Å². The van der Waals surface area contributed by atoms with E-state index in [1.807, 2.05) is 18.2 Å². The molecule has 2 aromatic rings. The van der Waals surface area contributed by atoms with Crippen molar-refractivity contribution in [1.29, 1.82) is 0 Å². The maximum atomic E-state index is 12.9. The Balaban J connectivity index is 1.40. The third-order valence-corrected chi connectivity index (χ3v) is 6.37. The van der Waals surface area contributed by atoms with Crippen molar-refractivity contribution in [2.75, 3.05) is 26.2 Å². The molecule has 2 fully saturated rings. The predicted molar refractivity (Wildman–Crippen MR) is 110 cm³/mol. The Labute approximate surface area is 165 Å². The lowest BCUT2D eigenvalue weighted by molar-refractivity contribution is -0.137. The van der Waals surface area contributed by atoms with Gasteiger partial charge in [0.15, 0.2) is 0 Å². The molecule has 150 valence electrons. The van der Waals surface area contributed by atoms with Crippen LogP contribution in [-0.2, 0) is 4.79 Å². The first-order valence-electron chi connectivity index (χ1n) is 10.7. The molecule has 6 nitrogen and oxygen atoms in total. The van der Waals surface area contributed by atoms with Crippen LogP contribution >= 0.6 is 0 Å². The number of hydrogen-bond donors (Lipinski definition) is 1. The van der Waals surface area contributed by atoms with E-state index in [9.17, 15) is 9.59 Å². The number of para-hydroxylation sites is 1. The van der Waals surface area contributed by atoms with Gasteiger partial charge in [-0.1, -0.05) is 25.0 Å². The summed E-state index contributed by atoms with van der Waals surface area (Å²) in [5, 5.41) is 0.625. The third kappa shape index (κ3) is 3.97. The van der Waals surface area contributed by atoms with Crippen LogP contribution < -0.4 is 5.56 Å². The average molecular weight is 383 g/mol. The number of nitrogens with zero attached hydrogens (tertiary/aromatic N) is 3. The number of amides is 1. The topological polar surface area (TPSA) is 69.3 Å². The lowest BCUT2D eigenvalue weighted by Crippen LogP contribution is -2.43. The molecule has 0 spiro atoms. The number of aromatic nitrogens is 2. The monoisotopic (exact) mass is 382 g/mol. The molecule has 2 aliphatic rings. The van der Waals surface area contributed by atoms with Gasteiger partial charge in [0.1, 0.15) is 5.82 Å². The fraction of sp³-hybridized carbons (Fsp3) is 0.591. The van der Waals surface area contributed by atoms with E-state index in [0.717, 1.165) is 57.4 Å². The van der Waals surface area contributed by atoms with Crippen LogP contribution in [0.25, 0.3) is 10.9 Å². The van der Waals surface area contributed by atoms with E-state index in [4.69, 9.17) is 0 Å². The molecular formula is C22H30N4O2. The highest BCUT2D eigenvalue weighted by Gasteiger charge is 2.31. The quantitative estimate of drug-likeness (QED) is 0.886. The van der Waals surface area contributed by atoms with Gasteiger partial charge in [-0.05, 0) is 57.8 Å². The number of aromatic amines is 1. The van der Waals surface area contributed by atoms with Gasteiger partial charge in [0.25, 0.3) is 5.56 Å². The first-order chi connectivity index (χ1) is 13.6. The molecule has 6 heteroatoms. The molecule has 2 aliphatic heterocycles. The summed E-state index contributed by atoms with van der Waals surface area (Å²) in [4.78, 5) is 37.3. The van der Waals surface area contributed by atoms with E-state index in [-0.39, 0.29) is 17.5 Å². The summed E-state index contributed by atoms with van der Waals surface area (Å²) in [5.74, 6) is 1.21. The number of carbonyl (C=O) groups excluding carboxylic acids is 1. The van der Waals surface area contributed by atoms with Crippen molar-refractivity contribution >= 4 is 16.8 Å². The van der Waals surface area contributed by atoms with Crippen LogP contribution in [0.5, 0.6) is 0 Å². The zero-order chi connectivity index (χ0) is 19.5. The molecule has 0 aliphatic carbocycles. The van der Waals surface area contributed by atoms with Crippen LogP contribution in [0.2, 0.25) is 0 Å². The first kappa shape index (κ1) is 19.1. The van der Waals surface area contributed by atoms with Crippen molar-refractivity contribution in [3.8, 4) is 0 Å². The Morgan fingerprint density at radius 1 is 1.07 bits per heavy atom. The summed E-state index contributed by atoms with van der Waals surface area (Å²) in [5.41, 5.74) is 0.651. The van der Waals surface area contributed by atoms with Gasteiger partial charge in [0, 0.05) is 19.0 Å². The summed E-state index contributed by atoms with van der Waals surface area (Å²) >= 11 is 0. The van der Waals surface area contributed by atoms with E-state index in [2.05, 4.69) is 26.7 Å². The lowest BCUT2D eigenvalue weighted by Gasteiger charge is -2.36. The minimum Gasteiger partial charge on any atom is -0.342 e. The van der Waals surface area contributed by atoms with Gasteiger partial charge in [0.2, 0.25) is 5.91 Å². The van der Waals surface area contributed by atoms with Crippen LogP contribution in [-0.4, -0.2) is 51.9 Å². The van der Waals surface area contributed by atoms with E-state index < -0.39 is 0 Å². The van der Waals surface area contributed by atoms with E-state index >= 15 is 0 Å². The molecular weight excluding hydrogens is 352 g/mol. The standard InChI is InChI=1S/C22H30N4O2/c1-16(20-23-19-9-5-4-8-18(19)21(27)24-20)25-14-10-17(11-15-25)22(28)26-12-6-2-3-7-13-26/h4-5,8-9,16-17H,2-3,6-7,10-15H2,1H3,(H,23,24,27)/t16-/m1/s1. The van der Waals surface area contributed by atoms with Crippen molar-refractivity contribution in [1.82, 2.24) is 19.8 Å². The van der Waals surface area contributed by atoms with Crippen molar-refractivity contribution in [3.05, 3.63) is 40.4 Å². The van der Waals surface area contributed by atoms with Crippen LogP contribution in [0.15, 0.2) is 29.1 Å². The lowest BCUT2D eigenvalue weighted by atomic mass is 9.94. The average Bonchev–Trinajstić information content (AvgIpc) is 3.02. The molecule has 1 atom stereocenters. The molecule has 0 radical (unpaired) electrons. The highest BCUT2D eigenvalue weighted by atomic mass is 16.2. The minimum absolute atomic E-state index is 0.0338. The van der Waals surface area contributed by atoms with Crippen molar-refractivity contribution in [2.45, 2.75) is 51.5 Å². The van der Waals surface area contributed by atoms with Crippen molar-refractivity contribution < 1.29 is 4.79 Å². The number of fused-ring (bicyclic) bond motifs is 1. The number of H-pyrrole nitrogens is 1. The van der Waals surface area contributed by atoms with Crippen LogP contribution in [0, 0.1) is 5.92 Å². The molecule has 1 aromatic heterocycles. The Morgan fingerprint density at radius 2 is 1.75 bits per heavy atom. The molecule has 3 heterocycles. The second kappa shape index (κ2) is 8.43. The van der Waals surface area contributed by atoms with E-state index in [1.54, 1.807) is 6.07 Å². The minimum atomic E-state index is -0.0846. The number of benzene rings is 1. The van der Waals surface area contributed by atoms with Gasteiger partial charge >= 0.3 is 0 Å². The number of nitrogens with one attached hydrogen (secondary N) is 1. The molecule has 0 bridgehead atoms. The van der Waals surface area contributed by atoms with E-state index in [0.29, 0.717) is 17.1 Å². The van der Waals surface area contributed by atoms with Gasteiger partial charge in [-0.25, -0.2) is 4.98 Å². The van der Waals surface area contributed by atoms with Crippen LogP contribution in [0.1, 0.15) is 57.3 Å². The SMILES string of the molecule is C[C@H](c1nc2ccccc2c(=O)[nH]1)N1CCC(C(=O)N2CCCCCC2)CC1. The van der Waals surface area contributed by atoms with Gasteiger partial charge in [-0.15, -0.1) is 0 Å². The summed E-state index contributed by atoms with van der Waals surface area (Å²) in [6.45, 7) is 5.67. The highest BCUT2D eigenvalue weighted by molar-refractivity contribution is 5.79. The van der Waals surface area contributed by atoms with Gasteiger partial charge < -0.3 is 9.88 Å². The number of hydrogen-bond acceptors (Lipinski definition) is 4. The summed E-state index contributed by atoms with van der Waals surface area (Å²) in [6.07, 6.45) is 6.55. The smallest absolute Gasteiger partial charge is 0.258 e. The second-order valence-electron chi connectivity index (χ2n) is 8.19. The maximum Gasteiger partial charge on any atom is 0.258 e. The predicted octanol–water partition coefficient (Wildman–Crippen LogP) is 3.10.